The first-order valence-electron chi connectivity index (χ1n) is 12.0. The molecule has 5 aromatic rings. The number of nitrogens with one attached hydrogen (secondary N) is 2. The second-order valence-corrected chi connectivity index (χ2v) is 8.77. The van der Waals surface area contributed by atoms with Gasteiger partial charge in [-0.25, -0.2) is 4.98 Å². The molecule has 0 unspecified atom stereocenters. The normalized spacial score (nSPS) is 13.5. The summed E-state index contributed by atoms with van der Waals surface area (Å²) in [5, 5.41) is 17.9. The van der Waals surface area contributed by atoms with E-state index in [1.165, 1.54) is 10.1 Å². The number of benzene rings is 2. The Morgan fingerprint density at radius 2 is 1.78 bits per heavy atom. The molecule has 178 valence electrons. The molecule has 0 fully saturated rings. The van der Waals surface area contributed by atoms with Crippen LogP contribution in [0.4, 0.5) is 11.6 Å². The van der Waals surface area contributed by atoms with Crippen LogP contribution in [0.1, 0.15) is 31.2 Å². The van der Waals surface area contributed by atoms with Crippen LogP contribution in [-0.2, 0) is 0 Å². The van der Waals surface area contributed by atoms with Crippen LogP contribution in [0.3, 0.4) is 0 Å². The third-order valence-electron chi connectivity index (χ3n) is 6.42. The maximum Gasteiger partial charge on any atom is 0.284 e. The van der Waals surface area contributed by atoms with Gasteiger partial charge in [0.05, 0.1) is 11.8 Å². The molecule has 3 N–H and O–H groups in total. The predicted octanol–water partition coefficient (Wildman–Crippen LogP) is 5.55. The smallest absolute Gasteiger partial charge is 0.284 e. The van der Waals surface area contributed by atoms with Gasteiger partial charge in [-0.3, -0.25) is 9.78 Å². The Hall–Kier alpha value is -4.72. The molecule has 1 aliphatic carbocycles. The van der Waals surface area contributed by atoms with E-state index in [-0.39, 0.29) is 11.3 Å². The molecule has 0 aliphatic heterocycles. The van der Waals surface area contributed by atoms with Crippen LogP contribution < -0.4 is 10.9 Å². The summed E-state index contributed by atoms with van der Waals surface area (Å²) in [6.45, 7) is 0. The van der Waals surface area contributed by atoms with Crippen LogP contribution in [0, 0.1) is 0 Å². The van der Waals surface area contributed by atoms with E-state index < -0.39 is 0 Å². The van der Waals surface area contributed by atoms with E-state index in [9.17, 15) is 9.90 Å². The van der Waals surface area contributed by atoms with E-state index in [2.05, 4.69) is 26.3 Å². The number of H-pyrrole nitrogens is 1. The second kappa shape index (κ2) is 9.14. The van der Waals surface area contributed by atoms with E-state index in [0.717, 1.165) is 42.5 Å². The summed E-state index contributed by atoms with van der Waals surface area (Å²) in [6, 6.07) is 16.5. The number of anilines is 2. The number of phenols is 1. The maximum absolute atomic E-state index is 14.0. The van der Waals surface area contributed by atoms with Crippen LogP contribution in [0.15, 0.2) is 84.1 Å². The number of hydrogen-bond donors (Lipinski definition) is 3. The van der Waals surface area contributed by atoms with Gasteiger partial charge in [-0.15, -0.1) is 0 Å². The fraction of sp³-hybridized carbons (Fsp3) is 0.143. The number of aromatic amines is 1. The molecule has 8 nitrogen and oxygen atoms in total. The van der Waals surface area contributed by atoms with E-state index in [1.54, 1.807) is 42.9 Å². The molecule has 3 heterocycles. The Bertz CT molecular complexity index is 1620. The largest absolute Gasteiger partial charge is 0.508 e. The number of allylic oxidation sites excluding steroid dienone is 2. The molecule has 3 aromatic heterocycles. The summed E-state index contributed by atoms with van der Waals surface area (Å²) in [5.74, 6) is 1.10. The molecule has 0 atom stereocenters. The van der Waals surface area contributed by atoms with Crippen molar-refractivity contribution < 1.29 is 5.11 Å². The molecule has 0 radical (unpaired) electrons. The van der Waals surface area contributed by atoms with E-state index in [1.807, 2.05) is 30.3 Å². The number of rotatable bonds is 5. The summed E-state index contributed by atoms with van der Waals surface area (Å²) >= 11 is 0. The number of fused-ring (bicyclic) bond motifs is 1. The van der Waals surface area contributed by atoms with Gasteiger partial charge in [0, 0.05) is 23.5 Å². The van der Waals surface area contributed by atoms with Crippen molar-refractivity contribution in [1.29, 1.82) is 0 Å². The average molecular weight is 477 g/mol. The lowest BCUT2D eigenvalue weighted by molar-refractivity contribution is 0.475. The zero-order chi connectivity index (χ0) is 24.5. The Kier molecular flexibility index (Phi) is 5.53. The monoisotopic (exact) mass is 476 g/mol. The summed E-state index contributed by atoms with van der Waals surface area (Å²) in [4.78, 5) is 26.0. The summed E-state index contributed by atoms with van der Waals surface area (Å²) in [5.41, 5.74) is 5.22. The molecule has 0 bridgehead atoms. The van der Waals surface area contributed by atoms with Gasteiger partial charge in [-0.1, -0.05) is 48.5 Å². The van der Waals surface area contributed by atoms with Gasteiger partial charge in [-0.05, 0) is 49.0 Å². The summed E-state index contributed by atoms with van der Waals surface area (Å²) < 4.78 is 1.46. The molecule has 8 heteroatoms. The Balaban J connectivity index is 1.66. The highest BCUT2D eigenvalue weighted by atomic mass is 16.3. The molecule has 2 aromatic carbocycles. The fourth-order valence-corrected chi connectivity index (χ4v) is 4.72. The molecule has 1 aliphatic rings. The topological polar surface area (TPSA) is 108 Å². The molecular formula is C28H24N6O2. The van der Waals surface area contributed by atoms with Crippen molar-refractivity contribution in [3.8, 4) is 28.1 Å². The van der Waals surface area contributed by atoms with Gasteiger partial charge in [0.25, 0.3) is 5.56 Å². The lowest BCUT2D eigenvalue weighted by Gasteiger charge is -2.15. The number of hydrogen-bond acceptors (Lipinski definition) is 6. The molecule has 6 rings (SSSR count). The quantitative estimate of drug-likeness (QED) is 0.307. The molecule has 36 heavy (non-hydrogen) atoms. The summed E-state index contributed by atoms with van der Waals surface area (Å²) in [6.07, 6.45) is 11.2. The van der Waals surface area contributed by atoms with Gasteiger partial charge < -0.3 is 15.4 Å². The Labute approximate surface area is 207 Å². The van der Waals surface area contributed by atoms with Crippen molar-refractivity contribution >= 4 is 22.9 Å². The van der Waals surface area contributed by atoms with Crippen LogP contribution >= 0.6 is 0 Å². The third kappa shape index (κ3) is 3.92. The SMILES string of the molecule is O=c1c(-c2ccc(O)cc2)c(Nc2cnccn2)[nH]c2c(C3=CCCCC3)c(-c3ccccc3)nn12. The van der Waals surface area contributed by atoms with Crippen molar-refractivity contribution in [3.05, 3.63) is 95.2 Å². The van der Waals surface area contributed by atoms with Crippen molar-refractivity contribution in [1.82, 2.24) is 24.6 Å². The van der Waals surface area contributed by atoms with Crippen molar-refractivity contribution in [2.24, 2.45) is 0 Å². The number of aromatic hydroxyl groups is 1. The minimum atomic E-state index is -0.277. The molecule has 0 spiro atoms. The number of aromatic nitrogens is 5. The standard InChI is InChI=1S/C28H24N6O2/c35-21-13-11-19(12-14-21)24-26(31-22-17-29-15-16-30-22)32-27-23(18-7-3-1-4-8-18)25(33-34(27)28(24)36)20-9-5-2-6-10-20/h2,5-7,9-17,32,35H,1,3-4,8H2,(H,30,31). The van der Waals surface area contributed by atoms with E-state index in [4.69, 9.17) is 5.10 Å². The van der Waals surface area contributed by atoms with Crippen molar-refractivity contribution in [2.45, 2.75) is 25.7 Å². The van der Waals surface area contributed by atoms with Crippen LogP contribution in [0.5, 0.6) is 5.75 Å². The lowest BCUT2D eigenvalue weighted by atomic mass is 9.92. The Morgan fingerprint density at radius 3 is 2.50 bits per heavy atom. The van der Waals surface area contributed by atoms with Gasteiger partial charge in [0.15, 0.2) is 0 Å². The van der Waals surface area contributed by atoms with E-state index >= 15 is 0 Å². The van der Waals surface area contributed by atoms with Crippen molar-refractivity contribution in [2.75, 3.05) is 5.32 Å². The third-order valence-corrected chi connectivity index (χ3v) is 6.42. The first kappa shape index (κ1) is 21.8. The first-order valence-corrected chi connectivity index (χ1v) is 12.0. The van der Waals surface area contributed by atoms with Gasteiger partial charge >= 0.3 is 0 Å². The zero-order valence-electron chi connectivity index (χ0n) is 19.5. The molecular weight excluding hydrogens is 452 g/mol. The van der Waals surface area contributed by atoms with Crippen LogP contribution in [0.25, 0.3) is 33.6 Å². The fourth-order valence-electron chi connectivity index (χ4n) is 4.72. The molecule has 0 saturated heterocycles. The number of nitrogens with zero attached hydrogens (tertiary/aromatic N) is 4. The van der Waals surface area contributed by atoms with Crippen molar-refractivity contribution in [3.63, 3.8) is 0 Å². The predicted molar refractivity (Wildman–Crippen MR) is 140 cm³/mol. The van der Waals surface area contributed by atoms with Gasteiger partial charge in [0.2, 0.25) is 0 Å². The lowest BCUT2D eigenvalue weighted by Crippen LogP contribution is -2.20. The highest BCUT2D eigenvalue weighted by molar-refractivity contribution is 5.89. The molecule has 0 amide bonds. The van der Waals surface area contributed by atoms with E-state index in [0.29, 0.717) is 28.4 Å². The second-order valence-electron chi connectivity index (χ2n) is 8.77. The minimum absolute atomic E-state index is 0.122. The zero-order valence-corrected chi connectivity index (χ0v) is 19.5. The van der Waals surface area contributed by atoms with Gasteiger partial charge in [-0.2, -0.15) is 9.61 Å². The van der Waals surface area contributed by atoms with Crippen LogP contribution in [0.2, 0.25) is 0 Å². The highest BCUT2D eigenvalue weighted by Crippen LogP contribution is 2.37. The minimum Gasteiger partial charge on any atom is -0.508 e. The Morgan fingerprint density at radius 1 is 0.944 bits per heavy atom. The van der Waals surface area contributed by atoms with Crippen LogP contribution in [-0.4, -0.2) is 29.7 Å². The average Bonchev–Trinajstić information content (AvgIpc) is 3.31. The maximum atomic E-state index is 14.0. The first-order chi connectivity index (χ1) is 17.7. The summed E-state index contributed by atoms with van der Waals surface area (Å²) in [7, 11) is 0. The number of phenolic OH excluding ortho intramolecular Hbond substituents is 1. The molecule has 0 saturated carbocycles. The highest BCUT2D eigenvalue weighted by Gasteiger charge is 2.24. The van der Waals surface area contributed by atoms with Gasteiger partial charge in [0.1, 0.15) is 28.7 Å².